The molecule has 0 aliphatic heterocycles. The zero-order valence-corrected chi connectivity index (χ0v) is 13.0. The first kappa shape index (κ1) is 15.6. The maximum Gasteiger partial charge on any atom is 0.233 e. The van der Waals surface area contributed by atoms with Gasteiger partial charge in [-0.05, 0) is 25.0 Å². The Labute approximate surface area is 129 Å². The molecule has 112 valence electrons. The van der Waals surface area contributed by atoms with Gasteiger partial charge in [0.2, 0.25) is 5.91 Å². The minimum absolute atomic E-state index is 0.0136. The Bertz CT molecular complexity index is 532. The van der Waals surface area contributed by atoms with Gasteiger partial charge in [-0.1, -0.05) is 19.3 Å². The van der Waals surface area contributed by atoms with Gasteiger partial charge < -0.3 is 10.6 Å². The van der Waals surface area contributed by atoms with Crippen LogP contribution in [0.2, 0.25) is 0 Å². The van der Waals surface area contributed by atoms with Gasteiger partial charge in [-0.2, -0.15) is 5.26 Å². The van der Waals surface area contributed by atoms with E-state index in [1.54, 1.807) is 24.2 Å². The van der Waals surface area contributed by atoms with E-state index < -0.39 is 5.54 Å². The topological polar surface area (TPSA) is 83.0 Å². The molecule has 0 bridgehead atoms. The smallest absolute Gasteiger partial charge is 0.233 e. The molecular weight excluding hydrogens is 284 g/mol. The van der Waals surface area contributed by atoms with Crippen molar-refractivity contribution in [2.45, 2.75) is 42.5 Å². The zero-order valence-electron chi connectivity index (χ0n) is 12.2. The van der Waals surface area contributed by atoms with Crippen LogP contribution in [0.4, 0.5) is 5.82 Å². The van der Waals surface area contributed by atoms with Crippen LogP contribution in [0.15, 0.2) is 23.2 Å². The first-order valence-corrected chi connectivity index (χ1v) is 8.08. The molecule has 1 fully saturated rings. The van der Waals surface area contributed by atoms with Crippen LogP contribution in [-0.4, -0.2) is 34.1 Å². The van der Waals surface area contributed by atoms with Crippen molar-refractivity contribution in [3.8, 4) is 6.07 Å². The molecule has 1 aromatic heterocycles. The molecule has 1 aromatic rings. The van der Waals surface area contributed by atoms with Gasteiger partial charge in [-0.25, -0.2) is 4.98 Å². The summed E-state index contributed by atoms with van der Waals surface area (Å²) in [6.45, 7) is 0. The molecule has 0 unspecified atom stereocenters. The lowest BCUT2D eigenvalue weighted by molar-refractivity contribution is -0.131. The molecule has 2 rings (SSSR count). The Morgan fingerprint density at radius 1 is 1.48 bits per heavy atom. The summed E-state index contributed by atoms with van der Waals surface area (Å²) >= 11 is 1.42. The van der Waals surface area contributed by atoms with E-state index in [4.69, 9.17) is 5.73 Å². The SMILES string of the molecule is CN(C(=O)CSc1ccc(N)nc1)C1(C#N)CCCCC1. The maximum absolute atomic E-state index is 12.4. The van der Waals surface area contributed by atoms with Crippen molar-refractivity contribution in [1.29, 1.82) is 5.26 Å². The van der Waals surface area contributed by atoms with Crippen molar-refractivity contribution in [2.24, 2.45) is 0 Å². The number of anilines is 1. The molecule has 0 radical (unpaired) electrons. The van der Waals surface area contributed by atoms with Crippen LogP contribution in [0.1, 0.15) is 32.1 Å². The summed E-state index contributed by atoms with van der Waals surface area (Å²) in [5.41, 5.74) is 4.92. The Hall–Kier alpha value is -1.74. The Morgan fingerprint density at radius 2 is 2.19 bits per heavy atom. The molecular formula is C15H20N4OS. The number of pyridine rings is 1. The zero-order chi connectivity index (χ0) is 15.3. The number of rotatable bonds is 4. The number of carbonyl (C=O) groups is 1. The van der Waals surface area contributed by atoms with E-state index >= 15 is 0 Å². The molecule has 0 saturated heterocycles. The fraction of sp³-hybridized carbons (Fsp3) is 0.533. The minimum Gasteiger partial charge on any atom is -0.384 e. The quantitative estimate of drug-likeness (QED) is 0.864. The molecule has 1 aliphatic carbocycles. The Kier molecular flexibility index (Phi) is 5.07. The summed E-state index contributed by atoms with van der Waals surface area (Å²) in [5.74, 6) is 0.764. The molecule has 1 saturated carbocycles. The number of nitrogens with two attached hydrogens (primary N) is 1. The van der Waals surface area contributed by atoms with E-state index in [1.807, 2.05) is 6.07 Å². The predicted octanol–water partition coefficient (Wildman–Crippen LogP) is 2.44. The van der Waals surface area contributed by atoms with Gasteiger partial charge in [0.1, 0.15) is 11.4 Å². The van der Waals surface area contributed by atoms with Gasteiger partial charge in [0.05, 0.1) is 11.8 Å². The number of carbonyl (C=O) groups excluding carboxylic acids is 1. The third kappa shape index (κ3) is 3.67. The average molecular weight is 304 g/mol. The van der Waals surface area contributed by atoms with Gasteiger partial charge in [0.25, 0.3) is 0 Å². The molecule has 0 atom stereocenters. The Morgan fingerprint density at radius 3 is 2.76 bits per heavy atom. The number of nitrogen functional groups attached to an aromatic ring is 1. The normalized spacial score (nSPS) is 17.0. The fourth-order valence-corrected chi connectivity index (χ4v) is 3.39. The number of nitrogens with zero attached hydrogens (tertiary/aromatic N) is 3. The first-order chi connectivity index (χ1) is 10.1. The van der Waals surface area contributed by atoms with Crippen molar-refractivity contribution in [3.63, 3.8) is 0 Å². The number of nitriles is 1. The maximum atomic E-state index is 12.4. The van der Waals surface area contributed by atoms with E-state index in [0.717, 1.165) is 37.0 Å². The highest BCUT2D eigenvalue weighted by atomic mass is 32.2. The highest BCUT2D eigenvalue weighted by molar-refractivity contribution is 8.00. The van der Waals surface area contributed by atoms with E-state index in [2.05, 4.69) is 11.1 Å². The lowest BCUT2D eigenvalue weighted by Crippen LogP contribution is -2.50. The van der Waals surface area contributed by atoms with Crippen LogP contribution in [0.5, 0.6) is 0 Å². The number of hydrogen-bond acceptors (Lipinski definition) is 5. The summed E-state index contributed by atoms with van der Waals surface area (Å²) in [6.07, 6.45) is 6.39. The lowest BCUT2D eigenvalue weighted by Gasteiger charge is -2.39. The third-order valence-corrected chi connectivity index (χ3v) is 4.99. The average Bonchev–Trinajstić information content (AvgIpc) is 2.54. The number of aromatic nitrogens is 1. The monoisotopic (exact) mass is 304 g/mol. The van der Waals surface area contributed by atoms with Crippen molar-refractivity contribution in [3.05, 3.63) is 18.3 Å². The van der Waals surface area contributed by atoms with Crippen molar-refractivity contribution in [2.75, 3.05) is 18.5 Å². The van der Waals surface area contributed by atoms with E-state index in [9.17, 15) is 10.1 Å². The van der Waals surface area contributed by atoms with Gasteiger partial charge in [-0.3, -0.25) is 4.79 Å². The highest BCUT2D eigenvalue weighted by Gasteiger charge is 2.38. The molecule has 0 aromatic carbocycles. The molecule has 5 nitrogen and oxygen atoms in total. The first-order valence-electron chi connectivity index (χ1n) is 7.10. The van der Waals surface area contributed by atoms with Crippen molar-refractivity contribution >= 4 is 23.5 Å². The lowest BCUT2D eigenvalue weighted by atomic mass is 9.81. The molecule has 1 heterocycles. The predicted molar refractivity (Wildman–Crippen MR) is 83.6 cm³/mol. The molecule has 6 heteroatoms. The van der Waals surface area contributed by atoms with Gasteiger partial charge >= 0.3 is 0 Å². The molecule has 2 N–H and O–H groups in total. The van der Waals surface area contributed by atoms with Crippen molar-refractivity contribution in [1.82, 2.24) is 9.88 Å². The number of amides is 1. The second-order valence-corrected chi connectivity index (χ2v) is 6.41. The molecule has 1 aliphatic rings. The summed E-state index contributed by atoms with van der Waals surface area (Å²) in [6, 6.07) is 5.94. The van der Waals surface area contributed by atoms with Crippen LogP contribution in [-0.2, 0) is 4.79 Å². The van der Waals surface area contributed by atoms with Crippen LogP contribution >= 0.6 is 11.8 Å². The summed E-state index contributed by atoms with van der Waals surface area (Å²) in [5, 5.41) is 9.50. The largest absolute Gasteiger partial charge is 0.384 e. The van der Waals surface area contributed by atoms with Gasteiger partial charge in [-0.15, -0.1) is 11.8 Å². The standard InChI is InChI=1S/C15H20N4OS/c1-19(15(11-16)7-3-2-4-8-15)14(20)10-21-12-5-6-13(17)18-9-12/h5-6,9H,2-4,7-8,10H2,1H3,(H2,17,18). The van der Waals surface area contributed by atoms with E-state index in [-0.39, 0.29) is 5.91 Å². The van der Waals surface area contributed by atoms with Gasteiger partial charge in [0.15, 0.2) is 0 Å². The second kappa shape index (κ2) is 6.81. The second-order valence-electron chi connectivity index (χ2n) is 5.36. The van der Waals surface area contributed by atoms with Gasteiger partial charge in [0, 0.05) is 18.1 Å². The third-order valence-electron chi connectivity index (χ3n) is 4.03. The minimum atomic E-state index is -0.616. The van der Waals surface area contributed by atoms with Crippen molar-refractivity contribution < 1.29 is 4.79 Å². The van der Waals surface area contributed by atoms with Crippen LogP contribution in [0.3, 0.4) is 0 Å². The fourth-order valence-electron chi connectivity index (χ4n) is 2.62. The molecule has 21 heavy (non-hydrogen) atoms. The van der Waals surface area contributed by atoms with E-state index in [0.29, 0.717) is 11.6 Å². The van der Waals surface area contributed by atoms with Crippen LogP contribution in [0, 0.1) is 11.3 Å². The highest BCUT2D eigenvalue weighted by Crippen LogP contribution is 2.33. The summed E-state index contributed by atoms with van der Waals surface area (Å²) in [7, 11) is 1.75. The number of hydrogen-bond donors (Lipinski definition) is 1. The van der Waals surface area contributed by atoms with Crippen LogP contribution in [0.25, 0.3) is 0 Å². The van der Waals surface area contributed by atoms with Crippen LogP contribution < -0.4 is 5.73 Å². The number of thioether (sulfide) groups is 1. The summed E-state index contributed by atoms with van der Waals surface area (Å²) < 4.78 is 0. The summed E-state index contributed by atoms with van der Waals surface area (Å²) in [4.78, 5) is 18.9. The Balaban J connectivity index is 1.95. The molecule has 0 spiro atoms. The molecule has 1 amide bonds. The van der Waals surface area contributed by atoms with E-state index in [1.165, 1.54) is 11.8 Å².